The van der Waals surface area contributed by atoms with Crippen molar-refractivity contribution in [2.24, 2.45) is 5.73 Å². The normalized spacial score (nSPS) is 18.9. The molecule has 0 radical (unpaired) electrons. The number of nitrogens with zero attached hydrogens (tertiary/aromatic N) is 1. The summed E-state index contributed by atoms with van der Waals surface area (Å²) >= 11 is 1.51. The van der Waals surface area contributed by atoms with Crippen LogP contribution >= 0.6 is 23.7 Å². The fourth-order valence-corrected chi connectivity index (χ4v) is 3.44. The van der Waals surface area contributed by atoms with Gasteiger partial charge in [-0.2, -0.15) is 0 Å². The Balaban J connectivity index is 0.00000208. The number of rotatable bonds is 5. The van der Waals surface area contributed by atoms with Crippen LogP contribution in [0.5, 0.6) is 0 Å². The van der Waals surface area contributed by atoms with E-state index in [1.807, 2.05) is 17.5 Å². The molecule has 1 aliphatic heterocycles. The van der Waals surface area contributed by atoms with Crippen LogP contribution in [-0.4, -0.2) is 41.7 Å². The van der Waals surface area contributed by atoms with Crippen molar-refractivity contribution in [2.75, 3.05) is 19.8 Å². The molecule has 1 aliphatic rings. The highest BCUT2D eigenvalue weighted by Gasteiger charge is 2.31. The Hall–Kier alpha value is -1.38. The van der Waals surface area contributed by atoms with Gasteiger partial charge in [-0.1, -0.05) is 6.07 Å². The maximum atomic E-state index is 12.7. The summed E-state index contributed by atoms with van der Waals surface area (Å²) in [6.45, 7) is 1.65. The van der Waals surface area contributed by atoms with Crippen LogP contribution in [-0.2, 0) is 11.3 Å². The summed E-state index contributed by atoms with van der Waals surface area (Å²) in [6.07, 6.45) is -0.162. The van der Waals surface area contributed by atoms with Gasteiger partial charge in [0.2, 0.25) is 0 Å². The van der Waals surface area contributed by atoms with Crippen molar-refractivity contribution in [1.82, 2.24) is 4.90 Å². The van der Waals surface area contributed by atoms with E-state index in [1.165, 1.54) is 11.3 Å². The minimum Gasteiger partial charge on any atom is -0.455 e. The lowest BCUT2D eigenvalue weighted by atomic mass is 10.1. The molecule has 2 atom stereocenters. The summed E-state index contributed by atoms with van der Waals surface area (Å²) in [7, 11) is 0. The highest BCUT2D eigenvalue weighted by Crippen LogP contribution is 2.26. The van der Waals surface area contributed by atoms with Crippen LogP contribution in [0.25, 0.3) is 0 Å². The van der Waals surface area contributed by atoms with Crippen LogP contribution in [0.4, 0.5) is 0 Å². The van der Waals surface area contributed by atoms with Gasteiger partial charge in [-0.15, -0.1) is 23.7 Å². The van der Waals surface area contributed by atoms with Crippen molar-refractivity contribution < 1.29 is 19.1 Å². The summed E-state index contributed by atoms with van der Waals surface area (Å²) in [4.78, 5) is 15.3. The number of carbonyl (C=O) groups is 1. The van der Waals surface area contributed by atoms with Gasteiger partial charge in [0.15, 0.2) is 5.76 Å². The Morgan fingerprint density at radius 2 is 2.29 bits per heavy atom. The van der Waals surface area contributed by atoms with Gasteiger partial charge in [0.25, 0.3) is 5.91 Å². The van der Waals surface area contributed by atoms with E-state index in [0.717, 1.165) is 4.88 Å². The molecule has 0 aromatic carbocycles. The van der Waals surface area contributed by atoms with E-state index in [0.29, 0.717) is 31.9 Å². The first-order valence-corrected chi connectivity index (χ1v) is 8.46. The summed E-state index contributed by atoms with van der Waals surface area (Å²) in [5.41, 5.74) is 5.52. The lowest BCUT2D eigenvalue weighted by Gasteiger charge is -2.36. The van der Waals surface area contributed by atoms with Crippen LogP contribution in [0.15, 0.2) is 34.1 Å². The van der Waals surface area contributed by atoms with Crippen molar-refractivity contribution in [2.45, 2.75) is 25.1 Å². The Morgan fingerprint density at radius 1 is 1.46 bits per heavy atom. The number of hydrogen-bond donors (Lipinski definition) is 2. The average Bonchev–Trinajstić information content (AvgIpc) is 3.26. The fraction of sp³-hybridized carbons (Fsp3) is 0.438. The van der Waals surface area contributed by atoms with Gasteiger partial charge >= 0.3 is 0 Å². The molecule has 2 unspecified atom stereocenters. The minimum absolute atomic E-state index is 0. The molecule has 1 fully saturated rings. The molecule has 0 bridgehead atoms. The molecular weight excluding hydrogens is 352 g/mol. The quantitative estimate of drug-likeness (QED) is 0.839. The van der Waals surface area contributed by atoms with Gasteiger partial charge in [-0.25, -0.2) is 0 Å². The maximum absolute atomic E-state index is 12.7. The van der Waals surface area contributed by atoms with E-state index >= 15 is 0 Å². The van der Waals surface area contributed by atoms with E-state index < -0.39 is 6.10 Å². The molecule has 24 heavy (non-hydrogen) atoms. The number of ether oxygens (including phenoxy) is 1. The monoisotopic (exact) mass is 372 g/mol. The molecule has 2 aromatic rings. The first-order valence-electron chi connectivity index (χ1n) is 7.58. The summed E-state index contributed by atoms with van der Waals surface area (Å²) in [5, 5.41) is 12.3. The predicted octanol–water partition coefficient (Wildman–Crippen LogP) is 2.19. The van der Waals surface area contributed by atoms with Crippen LogP contribution in [0, 0.1) is 0 Å². The van der Waals surface area contributed by atoms with Crippen molar-refractivity contribution in [3.8, 4) is 0 Å². The number of hydrogen-bond acceptors (Lipinski definition) is 6. The number of halogens is 1. The van der Waals surface area contributed by atoms with E-state index in [4.69, 9.17) is 14.9 Å². The summed E-state index contributed by atoms with van der Waals surface area (Å²) in [6, 6.07) is 6.97. The first kappa shape index (κ1) is 19.0. The molecule has 3 heterocycles. The molecule has 3 rings (SSSR count). The standard InChI is InChI=1S/C16H20N2O4S.ClH/c17-9-12-3-4-14(22-12)16(20)18-5-6-21-10-11(18)8-13(19)15-2-1-7-23-15;/h1-4,7,11,13,19H,5-6,8-10,17H2;1H. The van der Waals surface area contributed by atoms with Gasteiger partial charge in [-0.05, 0) is 23.6 Å². The van der Waals surface area contributed by atoms with Crippen molar-refractivity contribution >= 4 is 29.7 Å². The van der Waals surface area contributed by atoms with Crippen molar-refractivity contribution in [3.63, 3.8) is 0 Å². The second-order valence-corrected chi connectivity index (χ2v) is 6.44. The number of nitrogens with two attached hydrogens (primary N) is 1. The number of aliphatic hydroxyl groups is 1. The SMILES string of the molecule is Cl.NCc1ccc(C(=O)N2CCOCC2CC(O)c2cccs2)o1. The van der Waals surface area contributed by atoms with Crippen molar-refractivity contribution in [3.05, 3.63) is 46.0 Å². The highest BCUT2D eigenvalue weighted by molar-refractivity contribution is 7.10. The molecule has 0 spiro atoms. The molecule has 0 aliphatic carbocycles. The Bertz CT molecular complexity index is 646. The van der Waals surface area contributed by atoms with E-state index in [2.05, 4.69) is 0 Å². The van der Waals surface area contributed by atoms with E-state index in [-0.39, 0.29) is 36.7 Å². The first-order chi connectivity index (χ1) is 11.2. The molecule has 132 valence electrons. The lowest BCUT2D eigenvalue weighted by Crippen LogP contribution is -2.49. The summed E-state index contributed by atoms with van der Waals surface area (Å²) < 4.78 is 10.9. The van der Waals surface area contributed by atoms with E-state index in [1.54, 1.807) is 17.0 Å². The summed E-state index contributed by atoms with van der Waals surface area (Å²) in [5.74, 6) is 0.677. The predicted molar refractivity (Wildman–Crippen MR) is 93.4 cm³/mol. The molecule has 1 saturated heterocycles. The topological polar surface area (TPSA) is 88.9 Å². The fourth-order valence-electron chi connectivity index (χ4n) is 2.72. The second kappa shape index (κ2) is 8.64. The number of amides is 1. The molecule has 3 N–H and O–H groups in total. The maximum Gasteiger partial charge on any atom is 0.289 e. The Labute approximate surface area is 150 Å². The highest BCUT2D eigenvalue weighted by atomic mass is 35.5. The molecule has 1 amide bonds. The number of carbonyl (C=O) groups excluding carboxylic acids is 1. The van der Waals surface area contributed by atoms with Crippen LogP contribution < -0.4 is 5.73 Å². The lowest BCUT2D eigenvalue weighted by molar-refractivity contribution is -0.0183. The van der Waals surface area contributed by atoms with Gasteiger partial charge < -0.3 is 24.9 Å². The largest absolute Gasteiger partial charge is 0.455 e. The van der Waals surface area contributed by atoms with Crippen molar-refractivity contribution in [1.29, 1.82) is 0 Å². The third-order valence-electron chi connectivity index (χ3n) is 3.93. The average molecular weight is 373 g/mol. The van der Waals surface area contributed by atoms with Crippen LogP contribution in [0.3, 0.4) is 0 Å². The third kappa shape index (κ3) is 4.17. The molecule has 8 heteroatoms. The third-order valence-corrected chi connectivity index (χ3v) is 4.90. The molecule has 6 nitrogen and oxygen atoms in total. The molecule has 2 aromatic heterocycles. The zero-order chi connectivity index (χ0) is 16.2. The van der Waals surface area contributed by atoms with Crippen LogP contribution in [0.2, 0.25) is 0 Å². The van der Waals surface area contributed by atoms with Crippen LogP contribution in [0.1, 0.15) is 33.7 Å². The number of thiophene rings is 1. The zero-order valence-corrected chi connectivity index (χ0v) is 14.7. The smallest absolute Gasteiger partial charge is 0.289 e. The molecule has 0 saturated carbocycles. The second-order valence-electron chi connectivity index (χ2n) is 5.46. The Kier molecular flexibility index (Phi) is 6.82. The number of morpholine rings is 1. The van der Waals surface area contributed by atoms with E-state index in [9.17, 15) is 9.90 Å². The Morgan fingerprint density at radius 3 is 2.96 bits per heavy atom. The molecular formula is C16H21ClN2O4S. The number of aliphatic hydroxyl groups excluding tert-OH is 1. The van der Waals surface area contributed by atoms with Gasteiger partial charge in [0.05, 0.1) is 31.9 Å². The zero-order valence-electron chi connectivity index (χ0n) is 13.1. The number of furan rings is 1. The van der Waals surface area contributed by atoms with Gasteiger partial charge in [0, 0.05) is 17.8 Å². The minimum atomic E-state index is -0.604. The van der Waals surface area contributed by atoms with Gasteiger partial charge in [-0.3, -0.25) is 4.79 Å². The van der Waals surface area contributed by atoms with Gasteiger partial charge in [0.1, 0.15) is 5.76 Å².